The third-order valence-corrected chi connectivity index (χ3v) is 9.73. The van der Waals surface area contributed by atoms with Gasteiger partial charge in [-0.25, -0.2) is 17.8 Å². The van der Waals surface area contributed by atoms with E-state index in [0.717, 1.165) is 45.9 Å². The molecule has 0 radical (unpaired) electrons. The van der Waals surface area contributed by atoms with Crippen molar-refractivity contribution in [1.82, 2.24) is 14.3 Å². The van der Waals surface area contributed by atoms with Crippen molar-refractivity contribution in [3.63, 3.8) is 0 Å². The molecule has 1 aliphatic carbocycles. The van der Waals surface area contributed by atoms with E-state index in [1.54, 1.807) is 7.05 Å². The number of fused-ring (bicyclic) bond motifs is 1. The van der Waals surface area contributed by atoms with Gasteiger partial charge >= 0.3 is 6.18 Å². The lowest BCUT2D eigenvalue weighted by molar-refractivity contribution is -0.137. The first-order chi connectivity index (χ1) is 23.9. The summed E-state index contributed by atoms with van der Waals surface area (Å²) in [7, 11) is 0.858. The van der Waals surface area contributed by atoms with Crippen molar-refractivity contribution in [2.24, 2.45) is 24.8 Å². The fourth-order valence-corrected chi connectivity index (χ4v) is 7.44. The molecule has 1 fully saturated rings. The molecule has 16 heteroatoms. The van der Waals surface area contributed by atoms with Crippen molar-refractivity contribution in [2.45, 2.75) is 38.8 Å². The molecule has 51 heavy (non-hydrogen) atoms. The molecule has 1 aromatic heterocycles. The summed E-state index contributed by atoms with van der Waals surface area (Å²) < 4.78 is 91.9. The van der Waals surface area contributed by atoms with Crippen molar-refractivity contribution >= 4 is 51.8 Å². The second-order valence-electron chi connectivity index (χ2n) is 12.1. The highest BCUT2D eigenvalue weighted by molar-refractivity contribution is 7.90. The fraction of sp³-hybridized carbons (Fsp3) is 0.400. The van der Waals surface area contributed by atoms with Crippen LogP contribution in [0, 0.1) is 30.5 Å². The number of aryl methyl sites for hydroxylation is 2. The quantitative estimate of drug-likeness (QED) is 0.0912. The maximum absolute atomic E-state index is 14.5. The predicted molar refractivity (Wildman–Crippen MR) is 193 cm³/mol. The second-order valence-corrected chi connectivity index (χ2v) is 14.7. The summed E-state index contributed by atoms with van der Waals surface area (Å²) in [5.74, 6) is -2.33. The molecule has 5 rings (SSSR count). The number of hydrogen-bond acceptors (Lipinski definition) is 7. The number of halogens is 5. The Morgan fingerprint density at radius 3 is 2.16 bits per heavy atom. The Kier molecular flexibility index (Phi) is 16.1. The normalized spacial score (nSPS) is 18.6. The number of benzene rings is 3. The van der Waals surface area contributed by atoms with E-state index >= 15 is 0 Å². The molecule has 3 unspecified atom stereocenters. The van der Waals surface area contributed by atoms with Crippen molar-refractivity contribution in [1.29, 1.82) is 0 Å². The van der Waals surface area contributed by atoms with E-state index in [1.807, 2.05) is 67.9 Å². The summed E-state index contributed by atoms with van der Waals surface area (Å²) in [4.78, 5) is 26.4. The highest BCUT2D eigenvalue weighted by Crippen LogP contribution is 2.45. The zero-order valence-corrected chi connectivity index (χ0v) is 30.7. The lowest BCUT2D eigenvalue weighted by atomic mass is 9.66. The summed E-state index contributed by atoms with van der Waals surface area (Å²) in [5, 5.41) is 9.35. The first kappa shape index (κ1) is 43.1. The zero-order valence-electron chi connectivity index (χ0n) is 29.0. The highest BCUT2D eigenvalue weighted by Gasteiger charge is 2.41. The van der Waals surface area contributed by atoms with E-state index in [-0.39, 0.29) is 42.1 Å². The maximum atomic E-state index is 14.5. The van der Waals surface area contributed by atoms with Crippen LogP contribution in [-0.2, 0) is 32.7 Å². The van der Waals surface area contributed by atoms with Gasteiger partial charge in [-0.1, -0.05) is 50.1 Å². The summed E-state index contributed by atoms with van der Waals surface area (Å²) >= 11 is 3.54. The van der Waals surface area contributed by atoms with Gasteiger partial charge in [-0.05, 0) is 91.6 Å². The molecule has 3 aromatic carbocycles. The van der Waals surface area contributed by atoms with Crippen LogP contribution in [0.1, 0.15) is 42.6 Å². The number of nitrogens with zero attached hydrogens (tertiary/aromatic N) is 2. The number of carboxylic acid groups (broad SMARTS) is 1. The van der Waals surface area contributed by atoms with E-state index < -0.39 is 39.2 Å². The highest BCUT2D eigenvalue weighted by atomic mass is 32.2. The number of hydrogen-bond donors (Lipinski definition) is 4. The Hall–Kier alpha value is -4.02. The number of carbonyl (C=O) groups excluding carboxylic acids is 1. The van der Waals surface area contributed by atoms with Gasteiger partial charge in [0.15, 0.2) is 0 Å². The summed E-state index contributed by atoms with van der Waals surface area (Å²) in [6.07, 6.45) is -2.75. The summed E-state index contributed by atoms with van der Waals surface area (Å²) in [6.45, 7) is 3.60. The Balaban J connectivity index is 0.00000104. The van der Waals surface area contributed by atoms with E-state index in [1.165, 1.54) is 0 Å². The lowest BCUT2D eigenvalue weighted by Gasteiger charge is -2.40. The number of sulfone groups is 1. The van der Waals surface area contributed by atoms with Gasteiger partial charge in [0.05, 0.1) is 35.2 Å². The van der Waals surface area contributed by atoms with Crippen molar-refractivity contribution in [3.05, 3.63) is 83.4 Å². The Labute approximate surface area is 300 Å². The van der Waals surface area contributed by atoms with Gasteiger partial charge in [-0.2, -0.15) is 13.2 Å². The van der Waals surface area contributed by atoms with Gasteiger partial charge in [0.25, 0.3) is 6.47 Å². The van der Waals surface area contributed by atoms with Gasteiger partial charge in [-0.3, -0.25) is 18.7 Å². The molecule has 1 amide bonds. The van der Waals surface area contributed by atoms with E-state index in [0.29, 0.717) is 25.7 Å². The molecule has 9 nitrogen and oxygen atoms in total. The average molecular weight is 759 g/mol. The van der Waals surface area contributed by atoms with Crippen LogP contribution in [0.25, 0.3) is 22.2 Å². The first-order valence-electron chi connectivity index (χ1n) is 15.6. The topological polar surface area (TPSA) is 130 Å². The number of thiol groups is 1. The largest absolute Gasteiger partial charge is 0.483 e. The van der Waals surface area contributed by atoms with Crippen LogP contribution in [0.15, 0.2) is 60.7 Å². The van der Waals surface area contributed by atoms with E-state index in [9.17, 15) is 35.2 Å². The predicted octanol–water partition coefficient (Wildman–Crippen LogP) is 7.47. The average Bonchev–Trinajstić information content (AvgIpc) is 3.35. The van der Waals surface area contributed by atoms with Gasteiger partial charge in [-0.15, -0.1) is 0 Å². The third kappa shape index (κ3) is 11.8. The SMILES string of the molecule is CF.CNS.Cc1nc2cc(-c3ccc(C4CC(CS(C)(=O)=O)CC(C(=O)Nc5ccc(C(F)(F)F)cc5F)[C@@H]4C)cc3)ccc2n1C.O=CO. The maximum Gasteiger partial charge on any atom is 0.416 e. The molecule has 0 spiro atoms. The standard InChI is InChI=1S/C32H33F4N3O3S.CH3F.CH5NS.CH2O2/c1-18-25(22-7-5-21(6-8-22)23-9-12-30-29(15-23)37-19(2)39(30)3)13-20(17-43(4,41)42)14-26(18)31(40)38-28-11-10-24(16-27(28)33)32(34,35)36;1-2;1-2-3;2-1-3/h5-12,15-16,18,20,25-26H,13-14,17H2,1-4H3,(H,38,40);1H3;2-3H,1H3;1H,(H,2,3)/t18-,20?,25?,26?;;;/m1.../s1. The molecule has 4 aromatic rings. The fourth-order valence-electron chi connectivity index (χ4n) is 6.31. The number of nitrogens with one attached hydrogen (secondary N) is 2. The third-order valence-electron chi connectivity index (χ3n) is 8.65. The molecule has 1 saturated carbocycles. The minimum atomic E-state index is -4.72. The van der Waals surface area contributed by atoms with Crippen molar-refractivity contribution in [3.8, 4) is 11.1 Å². The molecule has 0 bridgehead atoms. The summed E-state index contributed by atoms with van der Waals surface area (Å²) in [6, 6.07) is 16.0. The number of aromatic nitrogens is 2. The van der Waals surface area contributed by atoms with Crippen LogP contribution >= 0.6 is 12.8 Å². The van der Waals surface area contributed by atoms with Crippen molar-refractivity contribution in [2.75, 3.05) is 31.6 Å². The van der Waals surface area contributed by atoms with Gasteiger partial charge in [0, 0.05) is 19.2 Å². The minimum absolute atomic E-state index is 0.101. The van der Waals surface area contributed by atoms with Crippen molar-refractivity contribution < 1.29 is 45.1 Å². The smallest absolute Gasteiger partial charge is 0.416 e. The van der Waals surface area contributed by atoms with E-state index in [4.69, 9.17) is 9.90 Å². The van der Waals surface area contributed by atoms with Crippen LogP contribution < -0.4 is 10.0 Å². The Morgan fingerprint density at radius 2 is 1.63 bits per heavy atom. The monoisotopic (exact) mass is 758 g/mol. The molecule has 3 N–H and O–H groups in total. The van der Waals surface area contributed by atoms with Crippen LogP contribution in [0.5, 0.6) is 0 Å². The van der Waals surface area contributed by atoms with Gasteiger partial charge < -0.3 is 15.0 Å². The lowest BCUT2D eigenvalue weighted by Crippen LogP contribution is -2.39. The van der Waals surface area contributed by atoms with Crippen LogP contribution in [0.2, 0.25) is 0 Å². The first-order valence-corrected chi connectivity index (χ1v) is 18.1. The Morgan fingerprint density at radius 1 is 1.06 bits per heavy atom. The second kappa shape index (κ2) is 19.0. The van der Waals surface area contributed by atoms with Gasteiger partial charge in [0.1, 0.15) is 21.5 Å². The molecule has 280 valence electrons. The number of anilines is 1. The molecule has 1 aliphatic rings. The number of alkyl halides is 4. The molecule has 0 aliphatic heterocycles. The molecular formula is C35H43F5N4O5S2. The Bertz CT molecular complexity index is 1870. The molecular weight excluding hydrogens is 716 g/mol. The van der Waals surface area contributed by atoms with Crippen LogP contribution in [-0.4, -0.2) is 61.7 Å². The number of carbonyl (C=O) groups is 2. The zero-order chi connectivity index (χ0) is 38.7. The summed E-state index contributed by atoms with van der Waals surface area (Å²) in [5.41, 5.74) is 3.35. The number of imidazole rings is 1. The molecule has 0 saturated heterocycles. The number of rotatable bonds is 6. The molecule has 4 atom stereocenters. The van der Waals surface area contributed by atoms with Crippen LogP contribution in [0.4, 0.5) is 27.6 Å². The van der Waals surface area contributed by atoms with Gasteiger partial charge in [0.2, 0.25) is 5.91 Å². The number of amides is 1. The molecule has 1 heterocycles. The van der Waals surface area contributed by atoms with E-state index in [2.05, 4.69) is 27.8 Å². The minimum Gasteiger partial charge on any atom is -0.483 e. The van der Waals surface area contributed by atoms with Crippen LogP contribution in [0.3, 0.4) is 0 Å².